The predicted octanol–water partition coefficient (Wildman–Crippen LogP) is 2.74. The Morgan fingerprint density at radius 3 is 2.75 bits per heavy atom. The van der Waals surface area contributed by atoms with Gasteiger partial charge in [-0.3, -0.25) is 0 Å². The molecule has 1 aliphatic rings. The quantitative estimate of drug-likeness (QED) is 0.793. The molecule has 3 unspecified atom stereocenters. The average molecular weight is 226 g/mol. The number of hydrogen-bond acceptors (Lipinski definition) is 2. The molecule has 2 nitrogen and oxygen atoms in total. The standard InChI is InChI=1S/C14H30N2/c1-5-12(3)10-16-8-7-14(6-2)15-9-13(4)11-16/h12-15H,5-11H2,1-4H3. The van der Waals surface area contributed by atoms with Crippen LogP contribution in [0.3, 0.4) is 0 Å². The SMILES string of the molecule is CCC(C)CN1CCC(CC)NCC(C)C1. The Morgan fingerprint density at radius 2 is 2.12 bits per heavy atom. The number of nitrogens with one attached hydrogen (secondary N) is 1. The van der Waals surface area contributed by atoms with Crippen molar-refractivity contribution < 1.29 is 0 Å². The van der Waals surface area contributed by atoms with Crippen molar-refractivity contribution in [2.75, 3.05) is 26.2 Å². The van der Waals surface area contributed by atoms with E-state index in [1.807, 2.05) is 0 Å². The van der Waals surface area contributed by atoms with Crippen molar-refractivity contribution in [2.45, 2.75) is 53.0 Å². The summed E-state index contributed by atoms with van der Waals surface area (Å²) in [5.41, 5.74) is 0. The molecule has 16 heavy (non-hydrogen) atoms. The van der Waals surface area contributed by atoms with Crippen LogP contribution >= 0.6 is 0 Å². The molecule has 1 aliphatic heterocycles. The Hall–Kier alpha value is -0.0800. The first-order valence-electron chi connectivity index (χ1n) is 7.11. The van der Waals surface area contributed by atoms with E-state index in [2.05, 4.69) is 37.9 Å². The molecule has 1 N–H and O–H groups in total. The van der Waals surface area contributed by atoms with Crippen LogP contribution in [0.25, 0.3) is 0 Å². The third kappa shape index (κ3) is 4.84. The molecule has 0 aromatic rings. The normalized spacial score (nSPS) is 30.8. The first-order valence-corrected chi connectivity index (χ1v) is 7.11. The van der Waals surface area contributed by atoms with Crippen LogP contribution in [0.1, 0.15) is 47.0 Å². The summed E-state index contributed by atoms with van der Waals surface area (Å²) < 4.78 is 0. The van der Waals surface area contributed by atoms with Crippen LogP contribution in [-0.2, 0) is 0 Å². The zero-order valence-electron chi connectivity index (χ0n) is 11.6. The lowest BCUT2D eigenvalue weighted by atomic mass is 10.0. The molecular formula is C14H30N2. The van der Waals surface area contributed by atoms with Gasteiger partial charge in [-0.1, -0.05) is 34.1 Å². The second-order valence-corrected chi connectivity index (χ2v) is 5.68. The van der Waals surface area contributed by atoms with Gasteiger partial charge in [-0.2, -0.15) is 0 Å². The van der Waals surface area contributed by atoms with E-state index in [1.54, 1.807) is 0 Å². The summed E-state index contributed by atoms with van der Waals surface area (Å²) in [7, 11) is 0. The van der Waals surface area contributed by atoms with Gasteiger partial charge in [0.2, 0.25) is 0 Å². The van der Waals surface area contributed by atoms with E-state index in [-0.39, 0.29) is 0 Å². The molecule has 3 atom stereocenters. The van der Waals surface area contributed by atoms with Crippen LogP contribution in [-0.4, -0.2) is 37.1 Å². The molecule has 2 heteroatoms. The molecule has 0 aromatic heterocycles. The summed E-state index contributed by atoms with van der Waals surface area (Å²) in [6, 6.07) is 0.738. The lowest BCUT2D eigenvalue weighted by Crippen LogP contribution is -2.44. The van der Waals surface area contributed by atoms with E-state index in [4.69, 9.17) is 0 Å². The zero-order chi connectivity index (χ0) is 12.0. The summed E-state index contributed by atoms with van der Waals surface area (Å²) in [6.45, 7) is 14.4. The minimum absolute atomic E-state index is 0.738. The third-order valence-electron chi connectivity index (χ3n) is 3.88. The van der Waals surface area contributed by atoms with E-state index in [0.29, 0.717) is 0 Å². The Balaban J connectivity index is 2.43. The Kier molecular flexibility index (Phi) is 6.37. The van der Waals surface area contributed by atoms with Crippen LogP contribution in [0.5, 0.6) is 0 Å². The van der Waals surface area contributed by atoms with Gasteiger partial charge in [-0.05, 0) is 37.8 Å². The van der Waals surface area contributed by atoms with Gasteiger partial charge in [-0.25, -0.2) is 0 Å². The molecule has 1 fully saturated rings. The Bertz CT molecular complexity index is 180. The predicted molar refractivity (Wildman–Crippen MR) is 71.8 cm³/mol. The Morgan fingerprint density at radius 1 is 1.38 bits per heavy atom. The van der Waals surface area contributed by atoms with Gasteiger partial charge in [0.1, 0.15) is 0 Å². The van der Waals surface area contributed by atoms with Gasteiger partial charge in [0.25, 0.3) is 0 Å². The summed E-state index contributed by atoms with van der Waals surface area (Å²) in [5, 5.41) is 3.68. The molecule has 1 saturated heterocycles. The first kappa shape index (κ1) is 14.0. The molecule has 0 spiro atoms. The second-order valence-electron chi connectivity index (χ2n) is 5.68. The molecule has 0 aromatic carbocycles. The van der Waals surface area contributed by atoms with Crippen molar-refractivity contribution in [3.8, 4) is 0 Å². The maximum absolute atomic E-state index is 3.68. The minimum atomic E-state index is 0.738. The number of hydrogen-bond donors (Lipinski definition) is 1. The second kappa shape index (κ2) is 7.29. The van der Waals surface area contributed by atoms with Crippen LogP contribution in [0.4, 0.5) is 0 Å². The molecule has 0 aliphatic carbocycles. The fourth-order valence-electron chi connectivity index (χ4n) is 2.49. The molecule has 0 bridgehead atoms. The molecule has 0 amide bonds. The van der Waals surface area contributed by atoms with Crippen molar-refractivity contribution >= 4 is 0 Å². The monoisotopic (exact) mass is 226 g/mol. The van der Waals surface area contributed by atoms with Gasteiger partial charge in [0.15, 0.2) is 0 Å². The maximum atomic E-state index is 3.68. The maximum Gasteiger partial charge on any atom is 0.00767 e. The van der Waals surface area contributed by atoms with Crippen molar-refractivity contribution in [3.63, 3.8) is 0 Å². The molecule has 1 heterocycles. The van der Waals surface area contributed by atoms with E-state index < -0.39 is 0 Å². The van der Waals surface area contributed by atoms with E-state index in [9.17, 15) is 0 Å². The highest BCUT2D eigenvalue weighted by atomic mass is 15.1. The summed E-state index contributed by atoms with van der Waals surface area (Å²) in [5.74, 6) is 1.64. The van der Waals surface area contributed by atoms with Gasteiger partial charge in [-0.15, -0.1) is 0 Å². The summed E-state index contributed by atoms with van der Waals surface area (Å²) >= 11 is 0. The van der Waals surface area contributed by atoms with Crippen molar-refractivity contribution in [2.24, 2.45) is 11.8 Å². The summed E-state index contributed by atoms with van der Waals surface area (Å²) in [4.78, 5) is 2.68. The molecule has 96 valence electrons. The third-order valence-corrected chi connectivity index (χ3v) is 3.88. The topological polar surface area (TPSA) is 15.3 Å². The minimum Gasteiger partial charge on any atom is -0.314 e. The average Bonchev–Trinajstić information content (AvgIpc) is 2.26. The number of nitrogens with zero attached hydrogens (tertiary/aromatic N) is 1. The van der Waals surface area contributed by atoms with Crippen LogP contribution in [0.15, 0.2) is 0 Å². The van der Waals surface area contributed by atoms with Gasteiger partial charge in [0, 0.05) is 19.1 Å². The highest BCUT2D eigenvalue weighted by Gasteiger charge is 2.18. The zero-order valence-corrected chi connectivity index (χ0v) is 11.6. The fraction of sp³-hybridized carbons (Fsp3) is 1.00. The summed E-state index contributed by atoms with van der Waals surface area (Å²) in [6.07, 6.45) is 3.89. The van der Waals surface area contributed by atoms with Crippen molar-refractivity contribution in [3.05, 3.63) is 0 Å². The lowest BCUT2D eigenvalue weighted by molar-refractivity contribution is 0.175. The van der Waals surface area contributed by atoms with Gasteiger partial charge in [0.05, 0.1) is 0 Å². The van der Waals surface area contributed by atoms with Gasteiger partial charge >= 0.3 is 0 Å². The lowest BCUT2D eigenvalue weighted by Gasteiger charge is -2.33. The van der Waals surface area contributed by atoms with E-state index in [1.165, 1.54) is 45.4 Å². The van der Waals surface area contributed by atoms with E-state index in [0.717, 1.165) is 17.9 Å². The van der Waals surface area contributed by atoms with Crippen LogP contribution in [0.2, 0.25) is 0 Å². The first-order chi connectivity index (χ1) is 7.65. The molecule has 0 radical (unpaired) electrons. The fourth-order valence-corrected chi connectivity index (χ4v) is 2.49. The molecule has 0 saturated carbocycles. The number of rotatable bonds is 4. The highest BCUT2D eigenvalue weighted by molar-refractivity contribution is 4.76. The van der Waals surface area contributed by atoms with Crippen molar-refractivity contribution in [1.82, 2.24) is 10.2 Å². The largest absolute Gasteiger partial charge is 0.314 e. The van der Waals surface area contributed by atoms with E-state index >= 15 is 0 Å². The van der Waals surface area contributed by atoms with Crippen molar-refractivity contribution in [1.29, 1.82) is 0 Å². The Labute approximate surface area is 102 Å². The highest BCUT2D eigenvalue weighted by Crippen LogP contribution is 2.12. The molecular weight excluding hydrogens is 196 g/mol. The van der Waals surface area contributed by atoms with Gasteiger partial charge < -0.3 is 10.2 Å². The van der Waals surface area contributed by atoms with Crippen LogP contribution < -0.4 is 5.32 Å². The molecule has 1 rings (SSSR count). The van der Waals surface area contributed by atoms with Crippen LogP contribution in [0, 0.1) is 11.8 Å². The smallest absolute Gasteiger partial charge is 0.00767 e.